The van der Waals surface area contributed by atoms with Crippen LogP contribution in [0.2, 0.25) is 0 Å². The maximum Gasteiger partial charge on any atom is 0.0535 e. The summed E-state index contributed by atoms with van der Waals surface area (Å²) >= 11 is 0. The third-order valence-electron chi connectivity index (χ3n) is 3.83. The van der Waals surface area contributed by atoms with Gasteiger partial charge in [0.1, 0.15) is 0 Å². The lowest BCUT2D eigenvalue weighted by Crippen LogP contribution is -2.45. The van der Waals surface area contributed by atoms with Gasteiger partial charge in [0.25, 0.3) is 0 Å². The van der Waals surface area contributed by atoms with Crippen molar-refractivity contribution in [2.75, 3.05) is 19.8 Å². The van der Waals surface area contributed by atoms with Crippen LogP contribution in [0, 0.1) is 17.3 Å². The van der Waals surface area contributed by atoms with Gasteiger partial charge in [0.05, 0.1) is 6.61 Å². The lowest BCUT2D eigenvalue weighted by Gasteiger charge is -2.34. The van der Waals surface area contributed by atoms with Gasteiger partial charge < -0.3 is 10.1 Å². The predicted octanol–water partition coefficient (Wildman–Crippen LogP) is 3.85. The van der Waals surface area contributed by atoms with Gasteiger partial charge in [-0.1, -0.05) is 20.8 Å². The molecule has 2 heteroatoms. The molecule has 1 aliphatic rings. The van der Waals surface area contributed by atoms with Crippen LogP contribution >= 0.6 is 0 Å². The van der Waals surface area contributed by atoms with Gasteiger partial charge in [-0.3, -0.25) is 0 Å². The summed E-state index contributed by atoms with van der Waals surface area (Å²) in [7, 11) is 0. The van der Waals surface area contributed by atoms with Crippen LogP contribution in [-0.2, 0) is 4.74 Å². The van der Waals surface area contributed by atoms with E-state index in [2.05, 4.69) is 46.9 Å². The predicted molar refractivity (Wildman–Crippen MR) is 78.9 cm³/mol. The summed E-state index contributed by atoms with van der Waals surface area (Å²) in [6.07, 6.45) is 3.85. The van der Waals surface area contributed by atoms with Crippen molar-refractivity contribution in [3.8, 4) is 0 Å². The van der Waals surface area contributed by atoms with Gasteiger partial charge in [-0.25, -0.2) is 0 Å². The van der Waals surface area contributed by atoms with Crippen molar-refractivity contribution >= 4 is 0 Å². The molecule has 1 fully saturated rings. The van der Waals surface area contributed by atoms with Crippen molar-refractivity contribution in [2.45, 2.75) is 66.3 Å². The number of hydrogen-bond acceptors (Lipinski definition) is 2. The van der Waals surface area contributed by atoms with Crippen molar-refractivity contribution in [1.29, 1.82) is 0 Å². The van der Waals surface area contributed by atoms with E-state index in [-0.39, 0.29) is 5.54 Å². The first-order valence-electron chi connectivity index (χ1n) is 7.55. The Morgan fingerprint density at radius 2 is 1.89 bits per heavy atom. The summed E-state index contributed by atoms with van der Waals surface area (Å²) in [5.74, 6) is 1.60. The molecule has 0 aromatic heterocycles. The van der Waals surface area contributed by atoms with E-state index < -0.39 is 0 Å². The molecule has 0 bridgehead atoms. The zero-order valence-electron chi connectivity index (χ0n) is 13.3. The average Bonchev–Trinajstić information content (AvgIpc) is 2.61. The van der Waals surface area contributed by atoms with E-state index in [0.717, 1.165) is 31.6 Å². The summed E-state index contributed by atoms with van der Waals surface area (Å²) in [5, 5.41) is 3.68. The summed E-state index contributed by atoms with van der Waals surface area (Å²) in [5.41, 5.74) is 0.582. The van der Waals surface area contributed by atoms with Crippen LogP contribution in [0.4, 0.5) is 0 Å². The van der Waals surface area contributed by atoms with Crippen molar-refractivity contribution in [3.63, 3.8) is 0 Å². The van der Waals surface area contributed by atoms with Gasteiger partial charge >= 0.3 is 0 Å². The molecule has 2 atom stereocenters. The number of rotatable bonds is 6. The largest absolute Gasteiger partial charge is 0.381 e. The Hall–Kier alpha value is -0.0800. The molecular formula is C16H33NO. The second kappa shape index (κ2) is 6.38. The van der Waals surface area contributed by atoms with Crippen molar-refractivity contribution in [1.82, 2.24) is 5.32 Å². The van der Waals surface area contributed by atoms with Crippen molar-refractivity contribution < 1.29 is 4.74 Å². The molecule has 108 valence electrons. The standard InChI is InChI=1S/C16H33NO/c1-13(2)9-14(3)10-16(7-8-18-12-16)11-17-15(4,5)6/h13-14,17H,7-12H2,1-6H3. The number of ether oxygens (including phenoxy) is 1. The lowest BCUT2D eigenvalue weighted by molar-refractivity contribution is 0.123. The fourth-order valence-electron chi connectivity index (χ4n) is 3.10. The summed E-state index contributed by atoms with van der Waals surface area (Å²) in [4.78, 5) is 0. The van der Waals surface area contributed by atoms with Crippen LogP contribution < -0.4 is 5.32 Å². The Morgan fingerprint density at radius 3 is 2.33 bits per heavy atom. The minimum atomic E-state index is 0.205. The van der Waals surface area contributed by atoms with Crippen LogP contribution in [0.3, 0.4) is 0 Å². The molecule has 18 heavy (non-hydrogen) atoms. The molecule has 1 rings (SSSR count). The minimum Gasteiger partial charge on any atom is -0.381 e. The first kappa shape index (κ1) is 16.0. The molecule has 1 heterocycles. The fourth-order valence-corrected chi connectivity index (χ4v) is 3.10. The molecule has 0 aromatic rings. The van der Waals surface area contributed by atoms with Gasteiger partial charge in [0, 0.05) is 24.1 Å². The Balaban J connectivity index is 2.52. The van der Waals surface area contributed by atoms with E-state index in [0.29, 0.717) is 5.41 Å². The quantitative estimate of drug-likeness (QED) is 0.778. The molecule has 2 unspecified atom stereocenters. The molecule has 0 aliphatic carbocycles. The Bertz CT molecular complexity index is 236. The van der Waals surface area contributed by atoms with Crippen LogP contribution in [0.1, 0.15) is 60.8 Å². The van der Waals surface area contributed by atoms with E-state index in [1.807, 2.05) is 0 Å². The maximum absolute atomic E-state index is 5.69. The Morgan fingerprint density at radius 1 is 1.22 bits per heavy atom. The lowest BCUT2D eigenvalue weighted by atomic mass is 9.76. The third kappa shape index (κ3) is 5.71. The molecule has 0 aromatic carbocycles. The van der Waals surface area contributed by atoms with E-state index in [9.17, 15) is 0 Å². The van der Waals surface area contributed by atoms with Gasteiger partial charge in [-0.2, -0.15) is 0 Å². The molecule has 1 saturated heterocycles. The first-order valence-corrected chi connectivity index (χ1v) is 7.55. The molecule has 0 saturated carbocycles. The molecule has 0 amide bonds. The Labute approximate surface area is 114 Å². The zero-order chi connectivity index (χ0) is 13.8. The third-order valence-corrected chi connectivity index (χ3v) is 3.83. The number of hydrogen-bond donors (Lipinski definition) is 1. The molecule has 2 nitrogen and oxygen atoms in total. The topological polar surface area (TPSA) is 21.3 Å². The summed E-state index contributed by atoms with van der Waals surface area (Å²) < 4.78 is 5.69. The fraction of sp³-hybridized carbons (Fsp3) is 1.00. The van der Waals surface area contributed by atoms with Crippen LogP contribution in [0.5, 0.6) is 0 Å². The van der Waals surface area contributed by atoms with Gasteiger partial charge in [-0.05, 0) is 51.9 Å². The van der Waals surface area contributed by atoms with E-state index in [4.69, 9.17) is 4.74 Å². The monoisotopic (exact) mass is 255 g/mol. The second-order valence-corrected chi connectivity index (χ2v) is 7.84. The normalized spacial score (nSPS) is 26.8. The highest BCUT2D eigenvalue weighted by atomic mass is 16.5. The molecule has 1 aliphatic heterocycles. The second-order valence-electron chi connectivity index (χ2n) is 7.84. The Kier molecular flexibility index (Phi) is 5.67. The first-order chi connectivity index (χ1) is 8.22. The minimum absolute atomic E-state index is 0.205. The van der Waals surface area contributed by atoms with Crippen LogP contribution in [0.25, 0.3) is 0 Å². The highest BCUT2D eigenvalue weighted by Crippen LogP contribution is 2.37. The molecule has 1 N–H and O–H groups in total. The highest BCUT2D eigenvalue weighted by Gasteiger charge is 2.36. The van der Waals surface area contributed by atoms with Crippen LogP contribution in [0.15, 0.2) is 0 Å². The van der Waals surface area contributed by atoms with Gasteiger partial charge in [0.15, 0.2) is 0 Å². The maximum atomic E-state index is 5.69. The van der Waals surface area contributed by atoms with Crippen LogP contribution in [-0.4, -0.2) is 25.3 Å². The van der Waals surface area contributed by atoms with E-state index in [1.54, 1.807) is 0 Å². The van der Waals surface area contributed by atoms with Crippen molar-refractivity contribution in [3.05, 3.63) is 0 Å². The molecule has 0 radical (unpaired) electrons. The molecular weight excluding hydrogens is 222 g/mol. The molecule has 0 spiro atoms. The number of nitrogens with one attached hydrogen (secondary N) is 1. The zero-order valence-corrected chi connectivity index (χ0v) is 13.3. The van der Waals surface area contributed by atoms with Gasteiger partial charge in [-0.15, -0.1) is 0 Å². The van der Waals surface area contributed by atoms with Gasteiger partial charge in [0.2, 0.25) is 0 Å². The summed E-state index contributed by atoms with van der Waals surface area (Å²) in [6, 6.07) is 0. The highest BCUT2D eigenvalue weighted by molar-refractivity contribution is 4.89. The van der Waals surface area contributed by atoms with E-state index in [1.165, 1.54) is 19.3 Å². The smallest absolute Gasteiger partial charge is 0.0535 e. The summed E-state index contributed by atoms with van der Waals surface area (Å²) in [6.45, 7) is 16.8. The van der Waals surface area contributed by atoms with Crippen molar-refractivity contribution in [2.24, 2.45) is 17.3 Å². The SMILES string of the molecule is CC(C)CC(C)CC1(CNC(C)(C)C)CCOC1. The average molecular weight is 255 g/mol. The van der Waals surface area contributed by atoms with E-state index >= 15 is 0 Å².